The molecule has 3 rings (SSSR count). The van der Waals surface area contributed by atoms with Crippen LogP contribution in [0.2, 0.25) is 0 Å². The van der Waals surface area contributed by atoms with Crippen LogP contribution < -0.4 is 20.7 Å². The van der Waals surface area contributed by atoms with Gasteiger partial charge in [-0.3, -0.25) is 13.9 Å². The maximum Gasteiger partial charge on any atom is 0.338 e. The van der Waals surface area contributed by atoms with Gasteiger partial charge in [0.2, 0.25) is 0 Å². The van der Waals surface area contributed by atoms with Crippen molar-refractivity contribution in [1.82, 2.24) is 18.7 Å². The van der Waals surface area contributed by atoms with Gasteiger partial charge in [0.1, 0.15) is 6.61 Å². The third-order valence-corrected chi connectivity index (χ3v) is 5.13. The van der Waals surface area contributed by atoms with Crippen molar-refractivity contribution in [1.29, 1.82) is 0 Å². The Morgan fingerprint density at radius 3 is 2.60 bits per heavy atom. The molecule has 0 aliphatic carbocycles. The smallest absolute Gasteiger partial charge is 0.338 e. The summed E-state index contributed by atoms with van der Waals surface area (Å²) < 4.78 is 20.6. The Balaban J connectivity index is 1.78. The van der Waals surface area contributed by atoms with Crippen molar-refractivity contribution < 1.29 is 19.0 Å². The minimum atomic E-state index is -0.554. The number of esters is 1. The average molecular weight is 481 g/mol. The molecule has 0 saturated heterocycles. The molecule has 0 spiro atoms. The van der Waals surface area contributed by atoms with Crippen molar-refractivity contribution in [2.24, 2.45) is 14.1 Å². The van der Waals surface area contributed by atoms with E-state index < -0.39 is 17.2 Å². The lowest BCUT2D eigenvalue weighted by atomic mass is 10.2. The molecule has 2 aromatic heterocycles. The highest BCUT2D eigenvalue weighted by Gasteiger charge is 2.17. The predicted octanol–water partition coefficient (Wildman–Crippen LogP) is 1.46. The molecule has 0 amide bonds. The summed E-state index contributed by atoms with van der Waals surface area (Å²) in [6.45, 7) is 2.50. The fourth-order valence-corrected chi connectivity index (χ4v) is 3.57. The molecule has 0 unspecified atom stereocenters. The molecule has 0 aliphatic heterocycles. The van der Waals surface area contributed by atoms with E-state index in [2.05, 4.69) is 20.9 Å². The van der Waals surface area contributed by atoms with Crippen molar-refractivity contribution in [2.75, 3.05) is 20.3 Å². The molecule has 3 aromatic rings. The molecule has 1 aromatic carbocycles. The third-order valence-electron chi connectivity index (χ3n) is 4.54. The minimum Gasteiger partial charge on any atom is -0.493 e. The minimum absolute atomic E-state index is 0.00341. The maximum absolute atomic E-state index is 12.5. The van der Waals surface area contributed by atoms with Gasteiger partial charge >= 0.3 is 11.7 Å². The first-order valence-corrected chi connectivity index (χ1v) is 9.87. The summed E-state index contributed by atoms with van der Waals surface area (Å²) in [7, 11) is 4.43. The number of nitrogens with zero attached hydrogens (tertiary/aromatic N) is 4. The molecule has 0 saturated carbocycles. The first-order chi connectivity index (χ1) is 14.3. The lowest BCUT2D eigenvalue weighted by Gasteiger charge is -2.13. The van der Waals surface area contributed by atoms with E-state index in [0.29, 0.717) is 22.6 Å². The van der Waals surface area contributed by atoms with Crippen LogP contribution in [-0.4, -0.2) is 45.0 Å². The number of aromatic nitrogens is 4. The number of aryl methyl sites for hydroxylation is 1. The Morgan fingerprint density at radius 2 is 1.93 bits per heavy atom. The summed E-state index contributed by atoms with van der Waals surface area (Å²) >= 11 is 3.37. The predicted molar refractivity (Wildman–Crippen MR) is 112 cm³/mol. The van der Waals surface area contributed by atoms with E-state index in [4.69, 9.17) is 14.2 Å². The Morgan fingerprint density at radius 1 is 1.20 bits per heavy atom. The van der Waals surface area contributed by atoms with Gasteiger partial charge in [-0.15, -0.1) is 0 Å². The maximum atomic E-state index is 12.5. The molecule has 10 nitrogen and oxygen atoms in total. The standard InChI is InChI=1S/C19H21BrN4O6/c1-5-29-15-12(20)8-11(9-13(15)28-4)18(26)30-7-6-24-10-21-16-14(24)17(25)23(3)19(27)22(16)2/h8-10H,5-7H2,1-4H3. The van der Waals surface area contributed by atoms with E-state index in [1.54, 1.807) is 17.7 Å². The molecular formula is C19H21BrN4O6. The number of halogens is 1. The number of rotatable bonds is 7. The quantitative estimate of drug-likeness (QED) is 0.471. The van der Waals surface area contributed by atoms with Gasteiger partial charge in [-0.25, -0.2) is 14.6 Å². The van der Waals surface area contributed by atoms with E-state index in [1.807, 2.05) is 6.92 Å². The Kier molecular flexibility index (Phi) is 6.30. The molecule has 0 radical (unpaired) electrons. The van der Waals surface area contributed by atoms with Crippen molar-refractivity contribution in [3.8, 4) is 11.5 Å². The fraction of sp³-hybridized carbons (Fsp3) is 0.368. The highest BCUT2D eigenvalue weighted by molar-refractivity contribution is 9.10. The van der Waals surface area contributed by atoms with Gasteiger partial charge in [-0.2, -0.15) is 0 Å². The summed E-state index contributed by atoms with van der Waals surface area (Å²) in [4.78, 5) is 41.1. The van der Waals surface area contributed by atoms with Crippen molar-refractivity contribution >= 4 is 33.1 Å². The molecule has 11 heteroatoms. The van der Waals surface area contributed by atoms with Crippen LogP contribution in [0.15, 0.2) is 32.5 Å². The third kappa shape index (κ3) is 3.84. The molecule has 0 N–H and O–H groups in total. The second-order valence-corrected chi connectivity index (χ2v) is 7.23. The largest absolute Gasteiger partial charge is 0.493 e. The zero-order chi connectivity index (χ0) is 22.0. The Bertz CT molecular complexity index is 1230. The lowest BCUT2D eigenvalue weighted by Crippen LogP contribution is -2.37. The van der Waals surface area contributed by atoms with Crippen LogP contribution in [0.3, 0.4) is 0 Å². The van der Waals surface area contributed by atoms with Gasteiger partial charge in [-0.1, -0.05) is 0 Å². The van der Waals surface area contributed by atoms with E-state index in [9.17, 15) is 14.4 Å². The number of methoxy groups -OCH3 is 1. The monoisotopic (exact) mass is 480 g/mol. The van der Waals surface area contributed by atoms with E-state index in [0.717, 1.165) is 4.57 Å². The summed E-state index contributed by atoms with van der Waals surface area (Å²) in [6.07, 6.45) is 1.44. The van der Waals surface area contributed by atoms with Crippen LogP contribution >= 0.6 is 15.9 Å². The molecule has 0 atom stereocenters. The van der Waals surface area contributed by atoms with Crippen LogP contribution in [0.1, 0.15) is 17.3 Å². The van der Waals surface area contributed by atoms with E-state index >= 15 is 0 Å². The highest BCUT2D eigenvalue weighted by Crippen LogP contribution is 2.36. The molecule has 160 valence electrons. The molecule has 2 heterocycles. The number of carbonyl (C=O) groups excluding carboxylic acids is 1. The van der Waals surface area contributed by atoms with Crippen LogP contribution in [0.25, 0.3) is 11.2 Å². The van der Waals surface area contributed by atoms with Gasteiger partial charge in [0, 0.05) is 14.1 Å². The summed E-state index contributed by atoms with van der Waals surface area (Å²) in [5, 5.41) is 0. The Labute approximate surface area is 179 Å². The summed E-state index contributed by atoms with van der Waals surface area (Å²) in [6, 6.07) is 3.13. The zero-order valence-corrected chi connectivity index (χ0v) is 18.6. The van der Waals surface area contributed by atoms with E-state index in [-0.39, 0.29) is 29.9 Å². The average Bonchev–Trinajstić information content (AvgIpc) is 3.16. The number of ether oxygens (including phenoxy) is 3. The number of fused-ring (bicyclic) bond motifs is 1. The van der Waals surface area contributed by atoms with Crippen molar-refractivity contribution in [3.63, 3.8) is 0 Å². The van der Waals surface area contributed by atoms with Crippen molar-refractivity contribution in [2.45, 2.75) is 13.5 Å². The fourth-order valence-electron chi connectivity index (χ4n) is 3.01. The van der Waals surface area contributed by atoms with Crippen molar-refractivity contribution in [3.05, 3.63) is 49.3 Å². The normalized spacial score (nSPS) is 11.0. The number of hydrogen-bond acceptors (Lipinski definition) is 7. The Hall–Kier alpha value is -3.08. The van der Waals surface area contributed by atoms with Crippen LogP contribution in [0.4, 0.5) is 0 Å². The van der Waals surface area contributed by atoms with Gasteiger partial charge in [-0.05, 0) is 35.0 Å². The molecule has 0 bridgehead atoms. The van der Waals surface area contributed by atoms with Gasteiger partial charge in [0.25, 0.3) is 5.56 Å². The van der Waals surface area contributed by atoms with Crippen LogP contribution in [0, 0.1) is 0 Å². The van der Waals surface area contributed by atoms with Crippen LogP contribution in [0.5, 0.6) is 11.5 Å². The zero-order valence-electron chi connectivity index (χ0n) is 17.0. The van der Waals surface area contributed by atoms with Gasteiger partial charge < -0.3 is 18.8 Å². The van der Waals surface area contributed by atoms with E-state index in [1.165, 1.54) is 31.1 Å². The summed E-state index contributed by atoms with van der Waals surface area (Å²) in [5.41, 5.74) is -0.0944. The highest BCUT2D eigenvalue weighted by atomic mass is 79.9. The number of imidazole rings is 1. The molecule has 30 heavy (non-hydrogen) atoms. The van der Waals surface area contributed by atoms with Gasteiger partial charge in [0.05, 0.1) is 36.6 Å². The first-order valence-electron chi connectivity index (χ1n) is 9.08. The summed E-state index contributed by atoms with van der Waals surface area (Å²) in [5.74, 6) is 0.354. The van der Waals surface area contributed by atoms with Crippen LogP contribution in [-0.2, 0) is 25.4 Å². The van der Waals surface area contributed by atoms with Gasteiger partial charge in [0.15, 0.2) is 22.7 Å². The molecule has 0 aliphatic rings. The topological polar surface area (TPSA) is 107 Å². The number of carbonyl (C=O) groups is 1. The second-order valence-electron chi connectivity index (χ2n) is 6.37. The lowest BCUT2D eigenvalue weighted by molar-refractivity contribution is 0.0491. The molecular weight excluding hydrogens is 460 g/mol. The SMILES string of the molecule is CCOc1c(Br)cc(C(=O)OCCn2cnc3c2c(=O)n(C)c(=O)n3C)cc1OC. The number of hydrogen-bond donors (Lipinski definition) is 0. The first kappa shape index (κ1) is 21.6. The second kappa shape index (κ2) is 8.74. The number of benzene rings is 1. The molecule has 0 fully saturated rings.